The molecule has 1 saturated carbocycles. The summed E-state index contributed by atoms with van der Waals surface area (Å²) in [6.45, 7) is 8.09. The fourth-order valence-corrected chi connectivity index (χ4v) is 6.04. The maximum absolute atomic E-state index is 13.0. The number of methoxy groups -OCH3 is 1. The molecule has 31 heavy (non-hydrogen) atoms. The fourth-order valence-electron chi connectivity index (χ4n) is 4.53. The van der Waals surface area contributed by atoms with E-state index in [0.29, 0.717) is 44.5 Å². The van der Waals surface area contributed by atoms with Crippen LogP contribution in [0.5, 0.6) is 5.75 Å². The van der Waals surface area contributed by atoms with Crippen LogP contribution in [0.3, 0.4) is 0 Å². The molecule has 1 saturated heterocycles. The molecule has 8 heteroatoms. The molecule has 2 fully saturated rings. The predicted octanol–water partition coefficient (Wildman–Crippen LogP) is 2.95. The van der Waals surface area contributed by atoms with Crippen LogP contribution in [0.4, 0.5) is 0 Å². The van der Waals surface area contributed by atoms with Crippen LogP contribution >= 0.6 is 0 Å². The van der Waals surface area contributed by atoms with Crippen LogP contribution in [-0.4, -0.2) is 67.8 Å². The van der Waals surface area contributed by atoms with Crippen LogP contribution in [0.1, 0.15) is 46.2 Å². The molecule has 4 rings (SSSR count). The number of aryl methyl sites for hydroxylation is 2. The Morgan fingerprint density at radius 2 is 1.74 bits per heavy atom. The number of benzene rings is 1. The maximum atomic E-state index is 13.0. The van der Waals surface area contributed by atoms with Crippen LogP contribution in [0.2, 0.25) is 0 Å². The Labute approximate surface area is 184 Å². The number of aromatic nitrogens is 1. The second kappa shape index (κ2) is 8.41. The lowest BCUT2D eigenvalue weighted by Crippen LogP contribution is -2.49. The summed E-state index contributed by atoms with van der Waals surface area (Å²) < 4.78 is 35.1. The minimum absolute atomic E-state index is 0.113. The van der Waals surface area contributed by atoms with Crippen LogP contribution in [0.15, 0.2) is 29.2 Å². The quantitative estimate of drug-likeness (QED) is 0.613. The van der Waals surface area contributed by atoms with Gasteiger partial charge < -0.3 is 9.30 Å². The molecule has 0 amide bonds. The van der Waals surface area contributed by atoms with Gasteiger partial charge in [0.15, 0.2) is 5.78 Å². The largest absolute Gasteiger partial charge is 0.496 e. The molecule has 0 unspecified atom stereocenters. The summed E-state index contributed by atoms with van der Waals surface area (Å²) >= 11 is 0. The van der Waals surface area contributed by atoms with E-state index in [2.05, 4.69) is 16.4 Å². The zero-order chi connectivity index (χ0) is 22.3. The average molecular weight is 446 g/mol. The Morgan fingerprint density at radius 3 is 2.32 bits per heavy atom. The summed E-state index contributed by atoms with van der Waals surface area (Å²) in [7, 11) is -1.99. The number of piperazine rings is 1. The van der Waals surface area contributed by atoms with Gasteiger partial charge in [0.1, 0.15) is 5.75 Å². The van der Waals surface area contributed by atoms with Gasteiger partial charge in [0.2, 0.25) is 10.0 Å². The number of rotatable bonds is 7. The minimum Gasteiger partial charge on any atom is -0.496 e. The van der Waals surface area contributed by atoms with Crippen molar-refractivity contribution in [3.8, 4) is 5.75 Å². The summed E-state index contributed by atoms with van der Waals surface area (Å²) in [5.74, 6) is 0.783. The van der Waals surface area contributed by atoms with E-state index in [1.165, 1.54) is 17.1 Å². The highest BCUT2D eigenvalue weighted by Crippen LogP contribution is 2.38. The second-order valence-corrected chi connectivity index (χ2v) is 10.6. The summed E-state index contributed by atoms with van der Waals surface area (Å²) in [5.41, 5.74) is 3.79. The average Bonchev–Trinajstić information content (AvgIpc) is 3.52. The smallest absolute Gasteiger partial charge is 0.243 e. The zero-order valence-corrected chi connectivity index (χ0v) is 19.5. The van der Waals surface area contributed by atoms with E-state index in [-0.39, 0.29) is 10.7 Å². The van der Waals surface area contributed by atoms with Gasteiger partial charge in [-0.05, 0) is 63.4 Å². The first-order valence-corrected chi connectivity index (χ1v) is 12.2. The first-order chi connectivity index (χ1) is 14.7. The molecule has 2 aromatic rings. The fraction of sp³-hybridized carbons (Fsp3) is 0.522. The minimum atomic E-state index is -3.56. The van der Waals surface area contributed by atoms with Gasteiger partial charge in [-0.1, -0.05) is 0 Å². The normalized spacial score (nSPS) is 18.3. The molecular weight excluding hydrogens is 414 g/mol. The third kappa shape index (κ3) is 4.29. The molecule has 2 aliphatic rings. The van der Waals surface area contributed by atoms with Gasteiger partial charge in [-0.2, -0.15) is 4.31 Å². The molecule has 0 N–H and O–H groups in total. The van der Waals surface area contributed by atoms with E-state index in [1.54, 1.807) is 25.3 Å². The lowest BCUT2D eigenvalue weighted by Gasteiger charge is -2.33. The molecule has 0 spiro atoms. The summed E-state index contributed by atoms with van der Waals surface area (Å²) in [5, 5.41) is 0. The summed E-state index contributed by atoms with van der Waals surface area (Å²) in [6.07, 6.45) is 2.38. The molecule has 0 atom stereocenters. The van der Waals surface area contributed by atoms with E-state index < -0.39 is 10.0 Å². The van der Waals surface area contributed by atoms with Crippen molar-refractivity contribution in [1.29, 1.82) is 0 Å². The Hall–Kier alpha value is -2.16. The number of ketones is 1. The van der Waals surface area contributed by atoms with Crippen molar-refractivity contribution in [2.24, 2.45) is 0 Å². The van der Waals surface area contributed by atoms with Gasteiger partial charge in [0.05, 0.1) is 18.6 Å². The molecule has 1 aromatic heterocycles. The Balaban J connectivity index is 1.39. The van der Waals surface area contributed by atoms with E-state index in [0.717, 1.165) is 22.5 Å². The van der Waals surface area contributed by atoms with E-state index in [4.69, 9.17) is 4.74 Å². The Bertz CT molecular complexity index is 1090. The standard InChI is InChI=1S/C23H31N3O4S/c1-16-13-20(7-8-23(16)30-4)31(28,29)25-11-9-24(10-12-25)15-22(27)21-14-17(2)26(18(21)3)19-5-6-19/h7-8,13-14,19H,5-6,9-12,15H2,1-4H3. The monoisotopic (exact) mass is 445 g/mol. The second-order valence-electron chi connectivity index (χ2n) is 8.62. The van der Waals surface area contributed by atoms with Crippen molar-refractivity contribution in [2.45, 2.75) is 44.6 Å². The highest BCUT2D eigenvalue weighted by atomic mass is 32.2. The van der Waals surface area contributed by atoms with Crippen molar-refractivity contribution in [3.05, 3.63) is 46.8 Å². The van der Waals surface area contributed by atoms with Crippen LogP contribution in [0.25, 0.3) is 0 Å². The molecule has 2 heterocycles. The van der Waals surface area contributed by atoms with Gasteiger partial charge in [-0.15, -0.1) is 0 Å². The number of carbonyl (C=O) groups excluding carboxylic acids is 1. The molecule has 0 radical (unpaired) electrons. The van der Waals surface area contributed by atoms with Crippen molar-refractivity contribution in [1.82, 2.24) is 13.8 Å². The van der Waals surface area contributed by atoms with Crippen LogP contribution < -0.4 is 4.74 Å². The summed E-state index contributed by atoms with van der Waals surface area (Å²) in [6, 6.07) is 7.49. The predicted molar refractivity (Wildman–Crippen MR) is 119 cm³/mol. The number of hydrogen-bond acceptors (Lipinski definition) is 5. The number of sulfonamides is 1. The molecular formula is C23H31N3O4S. The third-order valence-electron chi connectivity index (χ3n) is 6.40. The molecule has 1 aromatic carbocycles. The summed E-state index contributed by atoms with van der Waals surface area (Å²) in [4.78, 5) is 15.3. The van der Waals surface area contributed by atoms with Crippen molar-refractivity contribution in [3.63, 3.8) is 0 Å². The molecule has 1 aliphatic heterocycles. The number of Topliss-reactive ketones (excluding diaryl/α,β-unsaturated/α-hetero) is 1. The number of nitrogens with zero attached hydrogens (tertiary/aromatic N) is 3. The lowest BCUT2D eigenvalue weighted by atomic mass is 10.1. The number of hydrogen-bond donors (Lipinski definition) is 0. The van der Waals surface area contributed by atoms with Gasteiger partial charge in [0, 0.05) is 49.2 Å². The first-order valence-electron chi connectivity index (χ1n) is 10.8. The van der Waals surface area contributed by atoms with E-state index in [1.807, 2.05) is 19.9 Å². The van der Waals surface area contributed by atoms with E-state index >= 15 is 0 Å². The zero-order valence-electron chi connectivity index (χ0n) is 18.7. The van der Waals surface area contributed by atoms with Gasteiger partial charge in [0.25, 0.3) is 0 Å². The first kappa shape index (κ1) is 22.0. The molecule has 168 valence electrons. The third-order valence-corrected chi connectivity index (χ3v) is 8.29. The van der Waals surface area contributed by atoms with Gasteiger partial charge >= 0.3 is 0 Å². The highest BCUT2D eigenvalue weighted by Gasteiger charge is 2.31. The van der Waals surface area contributed by atoms with Crippen molar-refractivity contribution < 1.29 is 17.9 Å². The molecule has 7 nitrogen and oxygen atoms in total. The number of carbonyl (C=O) groups is 1. The topological polar surface area (TPSA) is 71.9 Å². The van der Waals surface area contributed by atoms with Gasteiger partial charge in [-0.3, -0.25) is 9.69 Å². The maximum Gasteiger partial charge on any atom is 0.243 e. The molecule has 1 aliphatic carbocycles. The van der Waals surface area contributed by atoms with Crippen molar-refractivity contribution in [2.75, 3.05) is 39.8 Å². The number of ether oxygens (including phenoxy) is 1. The molecule has 0 bridgehead atoms. The van der Waals surface area contributed by atoms with E-state index in [9.17, 15) is 13.2 Å². The lowest BCUT2D eigenvalue weighted by molar-refractivity contribution is 0.0901. The SMILES string of the molecule is COc1ccc(S(=O)(=O)N2CCN(CC(=O)c3cc(C)n(C4CC4)c3C)CC2)cc1C. The van der Waals surface area contributed by atoms with Crippen LogP contribution in [-0.2, 0) is 10.0 Å². The van der Waals surface area contributed by atoms with Crippen molar-refractivity contribution >= 4 is 15.8 Å². The highest BCUT2D eigenvalue weighted by molar-refractivity contribution is 7.89. The Morgan fingerprint density at radius 1 is 1.06 bits per heavy atom. The Kier molecular flexibility index (Phi) is 5.98. The van der Waals surface area contributed by atoms with Gasteiger partial charge in [-0.25, -0.2) is 8.42 Å². The van der Waals surface area contributed by atoms with Crippen LogP contribution in [0, 0.1) is 20.8 Å².